The van der Waals surface area contributed by atoms with Crippen LogP contribution in [0.4, 0.5) is 10.1 Å². The molecular weight excluding hydrogens is 536 g/mol. The molecule has 1 saturated heterocycles. The molecule has 4 aromatic rings. The van der Waals surface area contributed by atoms with Gasteiger partial charge in [0.15, 0.2) is 11.9 Å². The third kappa shape index (κ3) is 5.59. The molecule has 4 aromatic carbocycles. The van der Waals surface area contributed by atoms with E-state index in [1.165, 1.54) is 47.4 Å². The van der Waals surface area contributed by atoms with Gasteiger partial charge in [0.05, 0.1) is 11.9 Å². The van der Waals surface area contributed by atoms with E-state index in [0.717, 1.165) is 0 Å². The van der Waals surface area contributed by atoms with Crippen LogP contribution >= 0.6 is 7.60 Å². The first kappa shape index (κ1) is 27.4. The number of para-hydroxylation sites is 1. The van der Waals surface area contributed by atoms with Gasteiger partial charge in [0.25, 0.3) is 5.91 Å². The molecule has 1 amide bonds. The van der Waals surface area contributed by atoms with E-state index in [4.69, 9.17) is 4.74 Å². The number of β-lactam (4-membered cyclic amide) rings is 1. The molecule has 0 aliphatic carbocycles. The van der Waals surface area contributed by atoms with Gasteiger partial charge in [0, 0.05) is 23.2 Å². The molecular formula is C30H25FNO7P. The lowest BCUT2D eigenvalue weighted by Crippen LogP contribution is -2.60. The summed E-state index contributed by atoms with van der Waals surface area (Å²) in [6.07, 6.45) is -0.955. The molecule has 204 valence electrons. The number of ketones is 1. The number of carbonyl (C=O) groups is 2. The lowest BCUT2D eigenvalue weighted by Gasteiger charge is -2.47. The second kappa shape index (κ2) is 11.2. The number of phenolic OH excluding ortho intramolecular Hbond substituents is 1. The van der Waals surface area contributed by atoms with E-state index in [-0.39, 0.29) is 35.8 Å². The molecule has 40 heavy (non-hydrogen) atoms. The van der Waals surface area contributed by atoms with Crippen molar-refractivity contribution in [2.45, 2.75) is 18.6 Å². The largest absolute Gasteiger partial charge is 0.508 e. The van der Waals surface area contributed by atoms with Crippen molar-refractivity contribution in [3.05, 3.63) is 114 Å². The summed E-state index contributed by atoms with van der Waals surface area (Å²) in [5, 5.41) is 10.9. The van der Waals surface area contributed by atoms with Gasteiger partial charge >= 0.3 is 7.60 Å². The maximum absolute atomic E-state index is 13.2. The topological polar surface area (TPSA) is 124 Å². The van der Waals surface area contributed by atoms with Gasteiger partial charge in [-0.1, -0.05) is 42.5 Å². The summed E-state index contributed by atoms with van der Waals surface area (Å²) in [4.78, 5) is 45.9. The first-order chi connectivity index (χ1) is 19.1. The van der Waals surface area contributed by atoms with Gasteiger partial charge in [-0.05, 0) is 65.7 Å². The number of rotatable bonds is 9. The Morgan fingerprint density at radius 2 is 1.55 bits per heavy atom. The molecule has 1 fully saturated rings. The summed E-state index contributed by atoms with van der Waals surface area (Å²) in [6, 6.07) is 24.2. The fourth-order valence-corrected chi connectivity index (χ4v) is 5.22. The predicted octanol–water partition coefficient (Wildman–Crippen LogP) is 4.75. The molecule has 2 atom stereocenters. The van der Waals surface area contributed by atoms with Crippen LogP contribution in [0.1, 0.15) is 28.4 Å². The van der Waals surface area contributed by atoms with Crippen LogP contribution in [0.15, 0.2) is 97.1 Å². The predicted molar refractivity (Wildman–Crippen MR) is 147 cm³/mol. The van der Waals surface area contributed by atoms with Crippen LogP contribution in [0.2, 0.25) is 0 Å². The van der Waals surface area contributed by atoms with E-state index in [0.29, 0.717) is 27.9 Å². The number of benzene rings is 4. The quantitative estimate of drug-likeness (QED) is 0.153. The van der Waals surface area contributed by atoms with E-state index in [1.807, 2.05) is 6.07 Å². The first-order valence-corrected chi connectivity index (χ1v) is 14.0. The molecule has 1 aliphatic rings. The fraction of sp³-hybridized carbons (Fsp3) is 0.133. The third-order valence-electron chi connectivity index (χ3n) is 6.76. The van der Waals surface area contributed by atoms with Crippen LogP contribution in [0.25, 0.3) is 11.1 Å². The Morgan fingerprint density at radius 3 is 2.17 bits per heavy atom. The minimum atomic E-state index is -4.38. The second-order valence-corrected chi connectivity index (χ2v) is 10.9. The number of phenols is 1. The number of hydrogen-bond donors (Lipinski definition) is 3. The number of halogens is 1. The average Bonchev–Trinajstić information content (AvgIpc) is 2.94. The average molecular weight is 562 g/mol. The summed E-state index contributed by atoms with van der Waals surface area (Å²) < 4.78 is 30.5. The normalized spacial score (nSPS) is 17.0. The Balaban J connectivity index is 1.37. The van der Waals surface area contributed by atoms with E-state index in [9.17, 15) is 33.4 Å². The minimum absolute atomic E-state index is 0.0109. The second-order valence-electron chi connectivity index (χ2n) is 9.32. The Kier molecular flexibility index (Phi) is 7.65. The lowest BCUT2D eigenvalue weighted by atomic mass is 9.88. The first-order valence-electron chi connectivity index (χ1n) is 12.4. The van der Waals surface area contributed by atoms with E-state index in [2.05, 4.69) is 0 Å². The molecule has 1 heterocycles. The molecule has 3 N–H and O–H groups in total. The molecule has 8 nitrogen and oxygen atoms in total. The molecule has 0 radical (unpaired) electrons. The summed E-state index contributed by atoms with van der Waals surface area (Å²) in [5.74, 6) is -1.10. The van der Waals surface area contributed by atoms with E-state index >= 15 is 0 Å². The SMILES string of the molecule is O=C(CCOC1C(=O)N(c2ccccc2)C1c1ccc(-c2ccc(P(=O)(O)O)cc2)cc1O)c1ccc(F)cc1. The van der Waals surface area contributed by atoms with Gasteiger partial charge in [-0.2, -0.15) is 0 Å². The zero-order chi connectivity index (χ0) is 28.4. The van der Waals surface area contributed by atoms with Gasteiger partial charge in [-0.3, -0.25) is 19.1 Å². The number of amides is 1. The highest BCUT2D eigenvalue weighted by Crippen LogP contribution is 2.44. The monoisotopic (exact) mass is 561 g/mol. The van der Waals surface area contributed by atoms with Crippen molar-refractivity contribution in [2.75, 3.05) is 11.5 Å². The van der Waals surface area contributed by atoms with Crippen LogP contribution in [0.3, 0.4) is 0 Å². The Morgan fingerprint density at radius 1 is 0.900 bits per heavy atom. The Bertz CT molecular complexity index is 1590. The van der Waals surface area contributed by atoms with Gasteiger partial charge in [-0.15, -0.1) is 0 Å². The lowest BCUT2D eigenvalue weighted by molar-refractivity contribution is -0.142. The Labute approximate surface area is 229 Å². The zero-order valence-corrected chi connectivity index (χ0v) is 21.9. The number of Topliss-reactive ketones (excluding diaryl/α,β-unsaturated/α-hetero) is 1. The standard InChI is InChI=1S/C30H25FNO7P/c31-22-11-6-20(7-12-22)26(33)16-17-39-29-28(32(30(29)35)23-4-2-1-3-5-23)25-15-10-21(18-27(25)34)19-8-13-24(14-9-19)40(36,37)38/h1-15,18,28-29,34H,16-17H2,(H2,36,37,38). The molecule has 0 aromatic heterocycles. The molecule has 0 spiro atoms. The number of carbonyl (C=O) groups excluding carboxylic acids is 2. The highest BCUT2D eigenvalue weighted by Gasteiger charge is 2.50. The van der Waals surface area contributed by atoms with Crippen LogP contribution in [-0.4, -0.2) is 39.3 Å². The summed E-state index contributed by atoms with van der Waals surface area (Å²) in [7, 11) is -4.38. The number of ether oxygens (including phenoxy) is 1. The van der Waals surface area contributed by atoms with Gasteiger partial charge in [-0.25, -0.2) is 4.39 Å². The van der Waals surface area contributed by atoms with Crippen LogP contribution < -0.4 is 10.2 Å². The zero-order valence-electron chi connectivity index (χ0n) is 21.1. The summed E-state index contributed by atoms with van der Waals surface area (Å²) >= 11 is 0. The van der Waals surface area contributed by atoms with Gasteiger partial charge in [0.1, 0.15) is 17.6 Å². The van der Waals surface area contributed by atoms with Crippen molar-refractivity contribution < 1.29 is 38.2 Å². The fourth-order valence-electron chi connectivity index (χ4n) is 4.68. The van der Waals surface area contributed by atoms with Crippen LogP contribution in [0, 0.1) is 5.82 Å². The minimum Gasteiger partial charge on any atom is -0.508 e. The number of hydrogen-bond acceptors (Lipinski definition) is 5. The number of aromatic hydroxyl groups is 1. The number of anilines is 1. The highest BCUT2D eigenvalue weighted by atomic mass is 31.2. The number of nitrogens with zero attached hydrogens (tertiary/aromatic N) is 1. The molecule has 0 bridgehead atoms. The summed E-state index contributed by atoms with van der Waals surface area (Å²) in [5.41, 5.74) is 2.65. The van der Waals surface area contributed by atoms with Gasteiger partial charge in [0.2, 0.25) is 0 Å². The van der Waals surface area contributed by atoms with Crippen LogP contribution in [0.5, 0.6) is 5.75 Å². The Hall–Kier alpha value is -4.14. The van der Waals surface area contributed by atoms with Crippen molar-refractivity contribution in [3.8, 4) is 16.9 Å². The maximum Gasteiger partial charge on any atom is 0.356 e. The third-order valence-corrected chi connectivity index (χ3v) is 7.73. The molecule has 1 aliphatic heterocycles. The van der Waals surface area contributed by atoms with Crippen molar-refractivity contribution >= 4 is 30.3 Å². The van der Waals surface area contributed by atoms with E-state index < -0.39 is 25.6 Å². The van der Waals surface area contributed by atoms with E-state index in [1.54, 1.807) is 48.5 Å². The molecule has 5 rings (SSSR count). The molecule has 0 saturated carbocycles. The van der Waals surface area contributed by atoms with Crippen molar-refractivity contribution in [1.82, 2.24) is 0 Å². The van der Waals surface area contributed by atoms with Crippen molar-refractivity contribution in [1.29, 1.82) is 0 Å². The summed E-state index contributed by atoms with van der Waals surface area (Å²) in [6.45, 7) is -0.0451. The van der Waals surface area contributed by atoms with Crippen molar-refractivity contribution in [2.24, 2.45) is 0 Å². The smallest absolute Gasteiger partial charge is 0.356 e. The van der Waals surface area contributed by atoms with Crippen LogP contribution in [-0.2, 0) is 14.1 Å². The van der Waals surface area contributed by atoms with Gasteiger partial charge < -0.3 is 19.6 Å². The maximum atomic E-state index is 13.2. The van der Waals surface area contributed by atoms with Crippen molar-refractivity contribution in [3.63, 3.8) is 0 Å². The molecule has 10 heteroatoms. The highest BCUT2D eigenvalue weighted by molar-refractivity contribution is 7.60. The molecule has 2 unspecified atom stereocenters.